The number of esters is 2. The molecule has 0 N–H and O–H groups in total. The second-order valence-electron chi connectivity index (χ2n) is 3.65. The zero-order chi connectivity index (χ0) is 14.4. The van der Waals surface area contributed by atoms with Gasteiger partial charge in [-0.15, -0.1) is 0 Å². The highest BCUT2D eigenvalue weighted by atomic mass is 19.4. The molecule has 1 heterocycles. The maximum atomic E-state index is 13.3. The summed E-state index contributed by atoms with van der Waals surface area (Å²) in [5.74, 6) is -9.09. The van der Waals surface area contributed by atoms with Gasteiger partial charge in [-0.25, -0.2) is 9.59 Å². The Morgan fingerprint density at radius 3 is 2.22 bits per heavy atom. The Balaban J connectivity index is 3.26. The zero-order valence-corrected chi connectivity index (χ0v) is 8.94. The fourth-order valence-electron chi connectivity index (χ4n) is 1.17. The lowest BCUT2D eigenvalue weighted by molar-refractivity contribution is -0.314. The van der Waals surface area contributed by atoms with Gasteiger partial charge < -0.3 is 9.47 Å². The largest absolute Gasteiger partial charge is 0.456 e. The van der Waals surface area contributed by atoms with E-state index in [1.807, 2.05) is 0 Å². The number of halogens is 5. The van der Waals surface area contributed by atoms with Crippen LogP contribution in [0.1, 0.15) is 6.92 Å². The first kappa shape index (κ1) is 14.4. The molecule has 0 aromatic rings. The standard InChI is InChI=1S/C9H7F5O4/c1-4(2)5(15)18-7(9(12,13)14)3-17-6(16)8(7,10)11/h1,3H2,2H3. The summed E-state index contributed by atoms with van der Waals surface area (Å²) in [6, 6.07) is 0. The van der Waals surface area contributed by atoms with E-state index in [1.54, 1.807) is 0 Å². The number of hydrogen-bond donors (Lipinski definition) is 0. The molecule has 0 aliphatic carbocycles. The molecule has 102 valence electrons. The maximum Gasteiger partial charge on any atom is 0.438 e. The van der Waals surface area contributed by atoms with E-state index in [9.17, 15) is 31.5 Å². The van der Waals surface area contributed by atoms with Crippen molar-refractivity contribution in [1.29, 1.82) is 0 Å². The van der Waals surface area contributed by atoms with Crippen LogP contribution in [0, 0.1) is 0 Å². The third-order valence-corrected chi connectivity index (χ3v) is 2.24. The van der Waals surface area contributed by atoms with E-state index in [1.165, 1.54) is 0 Å². The molecule has 0 aromatic carbocycles. The molecule has 0 amide bonds. The van der Waals surface area contributed by atoms with Gasteiger partial charge in [0.25, 0.3) is 0 Å². The first-order valence-electron chi connectivity index (χ1n) is 4.46. The topological polar surface area (TPSA) is 52.6 Å². The van der Waals surface area contributed by atoms with Crippen molar-refractivity contribution in [2.24, 2.45) is 0 Å². The Morgan fingerprint density at radius 2 is 1.94 bits per heavy atom. The Bertz CT molecular complexity index is 414. The fraction of sp³-hybridized carbons (Fsp3) is 0.556. The van der Waals surface area contributed by atoms with Crippen molar-refractivity contribution in [3.05, 3.63) is 12.2 Å². The number of hydrogen-bond acceptors (Lipinski definition) is 4. The molecule has 0 bridgehead atoms. The summed E-state index contributed by atoms with van der Waals surface area (Å²) in [4.78, 5) is 21.6. The fourth-order valence-corrected chi connectivity index (χ4v) is 1.17. The summed E-state index contributed by atoms with van der Waals surface area (Å²) in [5.41, 5.74) is -4.83. The van der Waals surface area contributed by atoms with Crippen molar-refractivity contribution in [2.75, 3.05) is 6.61 Å². The zero-order valence-electron chi connectivity index (χ0n) is 8.94. The molecular weight excluding hydrogens is 267 g/mol. The number of carbonyl (C=O) groups excluding carboxylic acids is 2. The molecule has 0 spiro atoms. The van der Waals surface area contributed by atoms with Gasteiger partial charge in [-0.05, 0) is 6.92 Å². The molecule has 1 unspecified atom stereocenters. The molecule has 18 heavy (non-hydrogen) atoms. The predicted octanol–water partition coefficient (Wildman–Crippen LogP) is 1.60. The molecular formula is C9H7F5O4. The van der Waals surface area contributed by atoms with Crippen molar-refractivity contribution in [3.63, 3.8) is 0 Å². The van der Waals surface area contributed by atoms with E-state index >= 15 is 0 Å². The molecule has 1 atom stereocenters. The van der Waals surface area contributed by atoms with E-state index in [4.69, 9.17) is 0 Å². The molecule has 1 saturated heterocycles. The van der Waals surface area contributed by atoms with Gasteiger partial charge in [0.15, 0.2) is 0 Å². The van der Waals surface area contributed by atoms with Crippen molar-refractivity contribution in [2.45, 2.75) is 24.6 Å². The van der Waals surface area contributed by atoms with Crippen LogP contribution in [0.2, 0.25) is 0 Å². The highest BCUT2D eigenvalue weighted by Gasteiger charge is 2.81. The van der Waals surface area contributed by atoms with Crippen molar-refractivity contribution in [3.8, 4) is 0 Å². The third kappa shape index (κ3) is 1.83. The lowest BCUT2D eigenvalue weighted by Gasteiger charge is -2.32. The van der Waals surface area contributed by atoms with E-state index in [0.717, 1.165) is 6.92 Å². The first-order valence-corrected chi connectivity index (χ1v) is 4.46. The molecule has 1 rings (SSSR count). The number of carbonyl (C=O) groups is 2. The SMILES string of the molecule is C=C(C)C(=O)OC1(C(F)(F)F)COC(=O)C1(F)F. The minimum atomic E-state index is -5.67. The lowest BCUT2D eigenvalue weighted by Crippen LogP contribution is -2.61. The van der Waals surface area contributed by atoms with Gasteiger partial charge in [0, 0.05) is 5.57 Å². The highest BCUT2D eigenvalue weighted by molar-refractivity contribution is 5.89. The first-order chi connectivity index (χ1) is 7.96. The molecule has 1 fully saturated rings. The molecule has 0 radical (unpaired) electrons. The minimum Gasteiger partial charge on any atom is -0.456 e. The lowest BCUT2D eigenvalue weighted by atomic mass is 9.97. The van der Waals surface area contributed by atoms with Crippen LogP contribution in [-0.4, -0.2) is 36.2 Å². The van der Waals surface area contributed by atoms with Crippen LogP contribution in [0.3, 0.4) is 0 Å². The van der Waals surface area contributed by atoms with Crippen LogP contribution in [0.4, 0.5) is 22.0 Å². The van der Waals surface area contributed by atoms with Crippen LogP contribution in [0.5, 0.6) is 0 Å². The van der Waals surface area contributed by atoms with Crippen LogP contribution >= 0.6 is 0 Å². The van der Waals surface area contributed by atoms with Crippen LogP contribution < -0.4 is 0 Å². The van der Waals surface area contributed by atoms with Crippen LogP contribution in [-0.2, 0) is 19.1 Å². The Morgan fingerprint density at radius 1 is 1.44 bits per heavy atom. The third-order valence-electron chi connectivity index (χ3n) is 2.24. The van der Waals surface area contributed by atoms with Crippen molar-refractivity contribution in [1.82, 2.24) is 0 Å². The van der Waals surface area contributed by atoms with E-state index < -0.39 is 41.8 Å². The highest BCUT2D eigenvalue weighted by Crippen LogP contribution is 2.49. The summed E-state index contributed by atoms with van der Waals surface area (Å²) < 4.78 is 72.0. The number of rotatable bonds is 2. The van der Waals surface area contributed by atoms with Gasteiger partial charge in [-0.1, -0.05) is 6.58 Å². The van der Waals surface area contributed by atoms with Gasteiger partial charge in [0.2, 0.25) is 0 Å². The molecule has 0 saturated carbocycles. The van der Waals surface area contributed by atoms with Crippen molar-refractivity contribution < 1.29 is 41.0 Å². The van der Waals surface area contributed by atoms with Crippen LogP contribution in [0.15, 0.2) is 12.2 Å². The number of ether oxygens (including phenoxy) is 2. The number of cyclic esters (lactones) is 1. The normalized spacial score (nSPS) is 26.7. The average Bonchev–Trinajstić information content (AvgIpc) is 2.41. The Hall–Kier alpha value is -1.67. The van der Waals surface area contributed by atoms with Gasteiger partial charge in [-0.2, -0.15) is 22.0 Å². The molecule has 4 nitrogen and oxygen atoms in total. The van der Waals surface area contributed by atoms with Crippen molar-refractivity contribution >= 4 is 11.9 Å². The van der Waals surface area contributed by atoms with Crippen LogP contribution in [0.25, 0.3) is 0 Å². The molecule has 1 aliphatic heterocycles. The average molecular weight is 274 g/mol. The predicted molar refractivity (Wildman–Crippen MR) is 45.6 cm³/mol. The van der Waals surface area contributed by atoms with E-state index in [2.05, 4.69) is 16.1 Å². The summed E-state index contributed by atoms with van der Waals surface area (Å²) in [6.45, 7) is 2.15. The summed E-state index contributed by atoms with van der Waals surface area (Å²) in [5, 5.41) is 0. The second-order valence-corrected chi connectivity index (χ2v) is 3.65. The summed E-state index contributed by atoms with van der Waals surface area (Å²) >= 11 is 0. The van der Waals surface area contributed by atoms with E-state index in [0.29, 0.717) is 0 Å². The smallest absolute Gasteiger partial charge is 0.438 e. The summed E-state index contributed by atoms with van der Waals surface area (Å²) in [6.07, 6.45) is -5.67. The summed E-state index contributed by atoms with van der Waals surface area (Å²) in [7, 11) is 0. The second kappa shape index (κ2) is 3.92. The van der Waals surface area contributed by atoms with E-state index in [-0.39, 0.29) is 0 Å². The molecule has 9 heteroatoms. The monoisotopic (exact) mass is 274 g/mol. The van der Waals surface area contributed by atoms with Gasteiger partial charge >= 0.3 is 29.6 Å². The quantitative estimate of drug-likeness (QED) is 0.436. The number of alkyl halides is 5. The Kier molecular flexibility index (Phi) is 3.14. The van der Waals surface area contributed by atoms with Gasteiger partial charge in [-0.3, -0.25) is 0 Å². The van der Waals surface area contributed by atoms with Gasteiger partial charge in [0.1, 0.15) is 6.61 Å². The molecule has 0 aromatic heterocycles. The minimum absolute atomic E-state index is 0.520. The Labute approximate surface area is 97.3 Å². The molecule has 1 aliphatic rings. The van der Waals surface area contributed by atoms with Gasteiger partial charge in [0.05, 0.1) is 0 Å². The maximum absolute atomic E-state index is 13.3.